The van der Waals surface area contributed by atoms with E-state index in [2.05, 4.69) is 31.2 Å². The lowest BCUT2D eigenvalue weighted by Crippen LogP contribution is -2.02. The Bertz CT molecular complexity index is 1220. The molecule has 0 atom stereocenters. The van der Waals surface area contributed by atoms with Gasteiger partial charge in [-0.1, -0.05) is 6.07 Å². The molecule has 0 aliphatic rings. The first-order valence-electron chi connectivity index (χ1n) is 9.57. The number of aromatic nitrogens is 5. The van der Waals surface area contributed by atoms with E-state index in [-0.39, 0.29) is 5.78 Å². The lowest BCUT2D eigenvalue weighted by Gasteiger charge is -2.08. The molecule has 0 saturated heterocycles. The van der Waals surface area contributed by atoms with E-state index in [1.165, 1.54) is 12.3 Å². The minimum Gasteiger partial charge on any atom is -0.292 e. The number of carbonyl (C=O) groups is 1. The third kappa shape index (κ3) is 4.30. The van der Waals surface area contributed by atoms with Crippen molar-refractivity contribution in [1.29, 1.82) is 0 Å². The maximum Gasteiger partial charge on any atom is 0.180 e. The second-order valence-corrected chi connectivity index (χ2v) is 7.18. The van der Waals surface area contributed by atoms with Gasteiger partial charge in [0.05, 0.1) is 17.6 Å². The first-order valence-corrected chi connectivity index (χ1v) is 9.57. The van der Waals surface area contributed by atoms with Crippen LogP contribution in [-0.2, 0) is 6.42 Å². The molecule has 150 valence electrons. The molecule has 0 aliphatic heterocycles. The number of pyridine rings is 3. The fraction of sp³-hybridized carbons (Fsp3) is 0.174. The van der Waals surface area contributed by atoms with Gasteiger partial charge in [0.25, 0.3) is 0 Å². The van der Waals surface area contributed by atoms with Gasteiger partial charge in [0.15, 0.2) is 5.78 Å². The highest BCUT2D eigenvalue weighted by Crippen LogP contribution is 2.23. The molecule has 30 heavy (non-hydrogen) atoms. The lowest BCUT2D eigenvalue weighted by atomic mass is 10.0. The van der Waals surface area contributed by atoms with Crippen LogP contribution < -0.4 is 0 Å². The number of H-pyrrole nitrogens is 1. The fourth-order valence-corrected chi connectivity index (χ4v) is 3.32. The van der Waals surface area contributed by atoms with E-state index in [4.69, 9.17) is 0 Å². The van der Waals surface area contributed by atoms with Crippen LogP contribution in [0.3, 0.4) is 0 Å². The van der Waals surface area contributed by atoms with E-state index in [0.717, 1.165) is 34.3 Å². The third-order valence-electron chi connectivity index (χ3n) is 4.82. The van der Waals surface area contributed by atoms with Crippen molar-refractivity contribution in [3.8, 4) is 22.5 Å². The van der Waals surface area contributed by atoms with Crippen LogP contribution in [0.1, 0.15) is 33.7 Å². The van der Waals surface area contributed by atoms with Gasteiger partial charge in [0.1, 0.15) is 11.5 Å². The maximum absolute atomic E-state index is 13.3. The Morgan fingerprint density at radius 2 is 1.90 bits per heavy atom. The largest absolute Gasteiger partial charge is 0.292 e. The summed E-state index contributed by atoms with van der Waals surface area (Å²) in [5, 5.41) is 6.84. The first kappa shape index (κ1) is 19.6. The van der Waals surface area contributed by atoms with Crippen molar-refractivity contribution < 1.29 is 9.18 Å². The Balaban J connectivity index is 1.44. The van der Waals surface area contributed by atoms with Crippen LogP contribution in [0, 0.1) is 19.7 Å². The molecule has 4 heterocycles. The standard InChI is InChI=1S/C23H20FN5O/c1-14-7-16(11-27-23(14)17-5-6-26-15(2)8-17)3-4-22(30)21-10-20(28-29-21)18-9-19(24)13-25-12-18/h5-13H,3-4H2,1-2H3,(H,28,29). The summed E-state index contributed by atoms with van der Waals surface area (Å²) < 4.78 is 13.3. The van der Waals surface area contributed by atoms with Crippen LogP contribution in [0.4, 0.5) is 4.39 Å². The Labute approximate surface area is 173 Å². The fourth-order valence-electron chi connectivity index (χ4n) is 3.32. The molecule has 0 spiro atoms. The molecule has 0 saturated carbocycles. The topological polar surface area (TPSA) is 84.4 Å². The van der Waals surface area contributed by atoms with Gasteiger partial charge in [-0.2, -0.15) is 5.10 Å². The molecular formula is C23H20FN5O. The molecule has 0 aromatic carbocycles. The molecule has 6 nitrogen and oxygen atoms in total. The zero-order valence-electron chi connectivity index (χ0n) is 16.7. The maximum atomic E-state index is 13.3. The SMILES string of the molecule is Cc1cc(-c2ncc(CCC(=O)c3cc(-c4cncc(F)c4)n[nH]3)cc2C)ccn1. The molecule has 0 fully saturated rings. The number of nitrogens with one attached hydrogen (secondary N) is 1. The summed E-state index contributed by atoms with van der Waals surface area (Å²) in [5.41, 5.74) is 6.32. The summed E-state index contributed by atoms with van der Waals surface area (Å²) in [4.78, 5) is 25.2. The zero-order chi connectivity index (χ0) is 21.1. The Morgan fingerprint density at radius 3 is 2.67 bits per heavy atom. The number of carbonyl (C=O) groups excluding carboxylic acids is 1. The van der Waals surface area contributed by atoms with Crippen molar-refractivity contribution in [3.63, 3.8) is 0 Å². The Kier molecular flexibility index (Phi) is 5.43. The number of Topliss-reactive ketones (excluding diaryl/α,β-unsaturated/α-hetero) is 1. The Morgan fingerprint density at radius 1 is 1.03 bits per heavy atom. The van der Waals surface area contributed by atoms with Crippen molar-refractivity contribution in [3.05, 3.63) is 83.5 Å². The number of ketones is 1. The van der Waals surface area contributed by atoms with Gasteiger partial charge in [-0.3, -0.25) is 24.8 Å². The Hall–Kier alpha value is -3.74. The third-order valence-corrected chi connectivity index (χ3v) is 4.82. The van der Waals surface area contributed by atoms with Crippen LogP contribution >= 0.6 is 0 Å². The van der Waals surface area contributed by atoms with Crippen LogP contribution in [0.15, 0.2) is 55.1 Å². The summed E-state index contributed by atoms with van der Waals surface area (Å²) in [7, 11) is 0. The van der Waals surface area contributed by atoms with Gasteiger partial charge in [-0.05, 0) is 55.7 Å². The summed E-state index contributed by atoms with van der Waals surface area (Å²) in [6, 6.07) is 8.95. The van der Waals surface area contributed by atoms with E-state index in [1.54, 1.807) is 12.3 Å². The van der Waals surface area contributed by atoms with Gasteiger partial charge < -0.3 is 0 Å². The highest BCUT2D eigenvalue weighted by molar-refractivity contribution is 5.95. The monoisotopic (exact) mass is 401 g/mol. The van der Waals surface area contributed by atoms with Crippen molar-refractivity contribution in [1.82, 2.24) is 25.1 Å². The van der Waals surface area contributed by atoms with Crippen molar-refractivity contribution in [2.75, 3.05) is 0 Å². The van der Waals surface area contributed by atoms with Crippen molar-refractivity contribution >= 4 is 5.78 Å². The number of aromatic amines is 1. The summed E-state index contributed by atoms with van der Waals surface area (Å²) in [6.45, 7) is 3.96. The molecule has 7 heteroatoms. The van der Waals surface area contributed by atoms with Crippen LogP contribution in [-0.4, -0.2) is 30.9 Å². The number of halogens is 1. The molecule has 0 bridgehead atoms. The van der Waals surface area contributed by atoms with Crippen LogP contribution in [0.2, 0.25) is 0 Å². The average Bonchev–Trinajstić information content (AvgIpc) is 3.22. The van der Waals surface area contributed by atoms with Crippen molar-refractivity contribution in [2.24, 2.45) is 0 Å². The molecule has 4 aromatic heterocycles. The van der Waals surface area contributed by atoms with E-state index < -0.39 is 5.82 Å². The molecular weight excluding hydrogens is 381 g/mol. The number of rotatable bonds is 6. The van der Waals surface area contributed by atoms with Crippen LogP contribution in [0.25, 0.3) is 22.5 Å². The minimum absolute atomic E-state index is 0.0652. The molecule has 0 unspecified atom stereocenters. The molecule has 4 rings (SSSR count). The van der Waals surface area contributed by atoms with Gasteiger partial charge in [0, 0.05) is 41.8 Å². The first-order chi connectivity index (χ1) is 14.5. The molecule has 0 radical (unpaired) electrons. The highest BCUT2D eigenvalue weighted by Gasteiger charge is 2.13. The summed E-state index contributed by atoms with van der Waals surface area (Å²) in [6.07, 6.45) is 7.10. The van der Waals surface area contributed by atoms with Gasteiger partial charge in [0.2, 0.25) is 0 Å². The predicted molar refractivity (Wildman–Crippen MR) is 111 cm³/mol. The van der Waals surface area contributed by atoms with E-state index >= 15 is 0 Å². The second kappa shape index (κ2) is 8.32. The van der Waals surface area contributed by atoms with Crippen molar-refractivity contribution in [2.45, 2.75) is 26.7 Å². The minimum atomic E-state index is -0.448. The van der Waals surface area contributed by atoms with Gasteiger partial charge in [-0.15, -0.1) is 0 Å². The van der Waals surface area contributed by atoms with E-state index in [0.29, 0.717) is 29.8 Å². The highest BCUT2D eigenvalue weighted by atomic mass is 19.1. The zero-order valence-corrected chi connectivity index (χ0v) is 16.7. The smallest absolute Gasteiger partial charge is 0.180 e. The lowest BCUT2D eigenvalue weighted by molar-refractivity contribution is 0.0978. The number of hydrogen-bond donors (Lipinski definition) is 1. The van der Waals surface area contributed by atoms with Crippen LogP contribution in [0.5, 0.6) is 0 Å². The predicted octanol–water partition coefficient (Wildman–Crippen LogP) is 4.50. The van der Waals surface area contributed by atoms with E-state index in [1.807, 2.05) is 32.2 Å². The van der Waals surface area contributed by atoms with Gasteiger partial charge >= 0.3 is 0 Å². The summed E-state index contributed by atoms with van der Waals surface area (Å²) in [5.74, 6) is -0.513. The second-order valence-electron chi connectivity index (χ2n) is 7.18. The summed E-state index contributed by atoms with van der Waals surface area (Å²) >= 11 is 0. The molecule has 4 aromatic rings. The average molecular weight is 401 g/mol. The molecule has 0 aliphatic carbocycles. The quantitative estimate of drug-likeness (QED) is 0.481. The van der Waals surface area contributed by atoms with E-state index in [9.17, 15) is 9.18 Å². The number of aryl methyl sites for hydroxylation is 3. The van der Waals surface area contributed by atoms with Gasteiger partial charge in [-0.25, -0.2) is 4.39 Å². The molecule has 0 amide bonds. The number of nitrogens with zero attached hydrogens (tertiary/aromatic N) is 4. The number of hydrogen-bond acceptors (Lipinski definition) is 5. The normalized spacial score (nSPS) is 10.9. The molecule has 1 N–H and O–H groups in total.